The maximum absolute atomic E-state index is 12.7. The SMILES string of the molecule is CN(c1cccnc1)S(=O)(=O)c1ccc2c(c1)CCCC2. The molecule has 0 spiro atoms. The van der Waals surface area contributed by atoms with Crippen LogP contribution >= 0.6 is 0 Å². The summed E-state index contributed by atoms with van der Waals surface area (Å²) in [4.78, 5) is 4.33. The number of rotatable bonds is 3. The lowest BCUT2D eigenvalue weighted by molar-refractivity contribution is 0.593. The van der Waals surface area contributed by atoms with Gasteiger partial charge in [0.2, 0.25) is 0 Å². The fraction of sp³-hybridized carbons (Fsp3) is 0.312. The Hall–Kier alpha value is -1.88. The molecule has 0 saturated carbocycles. The van der Waals surface area contributed by atoms with E-state index in [1.165, 1.54) is 21.9 Å². The van der Waals surface area contributed by atoms with Crippen LogP contribution < -0.4 is 4.31 Å². The van der Waals surface area contributed by atoms with E-state index in [1.807, 2.05) is 12.1 Å². The van der Waals surface area contributed by atoms with Crippen LogP contribution in [0, 0.1) is 0 Å². The van der Waals surface area contributed by atoms with Gasteiger partial charge < -0.3 is 0 Å². The summed E-state index contributed by atoms with van der Waals surface area (Å²) in [7, 11) is -1.97. The minimum atomic E-state index is -3.53. The number of aromatic nitrogens is 1. The molecule has 2 aromatic rings. The third-order valence-electron chi connectivity index (χ3n) is 3.99. The molecule has 0 N–H and O–H groups in total. The average molecular weight is 302 g/mol. The predicted octanol–water partition coefficient (Wildman–Crippen LogP) is 2.79. The second-order valence-electron chi connectivity index (χ2n) is 5.32. The van der Waals surface area contributed by atoms with Crippen molar-refractivity contribution < 1.29 is 8.42 Å². The highest BCUT2D eigenvalue weighted by Crippen LogP contribution is 2.27. The predicted molar refractivity (Wildman–Crippen MR) is 82.9 cm³/mol. The standard InChI is InChI=1S/C16H18N2O2S/c1-18(15-7-4-10-17-12-15)21(19,20)16-9-8-13-5-2-3-6-14(13)11-16/h4,7-12H,2-3,5-6H2,1H3. The molecule has 0 fully saturated rings. The molecule has 0 radical (unpaired) electrons. The average Bonchev–Trinajstić information content (AvgIpc) is 2.54. The highest BCUT2D eigenvalue weighted by atomic mass is 32.2. The molecule has 1 aromatic carbocycles. The van der Waals surface area contributed by atoms with Crippen molar-refractivity contribution in [1.82, 2.24) is 4.98 Å². The molecule has 5 heteroatoms. The molecule has 1 aromatic heterocycles. The third-order valence-corrected chi connectivity index (χ3v) is 5.77. The van der Waals surface area contributed by atoms with Gasteiger partial charge in [-0.1, -0.05) is 6.07 Å². The van der Waals surface area contributed by atoms with Crippen molar-refractivity contribution >= 4 is 15.7 Å². The van der Waals surface area contributed by atoms with E-state index >= 15 is 0 Å². The van der Waals surface area contributed by atoms with Crippen LogP contribution in [0.1, 0.15) is 24.0 Å². The highest BCUT2D eigenvalue weighted by molar-refractivity contribution is 7.92. The Morgan fingerprint density at radius 2 is 1.86 bits per heavy atom. The van der Waals surface area contributed by atoms with Crippen molar-refractivity contribution in [2.24, 2.45) is 0 Å². The van der Waals surface area contributed by atoms with Crippen LogP contribution in [-0.2, 0) is 22.9 Å². The molecule has 0 bridgehead atoms. The molecule has 1 aliphatic carbocycles. The van der Waals surface area contributed by atoms with Crippen LogP contribution in [0.25, 0.3) is 0 Å². The van der Waals surface area contributed by atoms with Gasteiger partial charge in [-0.15, -0.1) is 0 Å². The molecule has 0 aliphatic heterocycles. The Bertz CT molecular complexity index is 742. The Kier molecular flexibility index (Phi) is 3.68. The van der Waals surface area contributed by atoms with Gasteiger partial charge in [-0.2, -0.15) is 0 Å². The zero-order chi connectivity index (χ0) is 14.9. The molecule has 21 heavy (non-hydrogen) atoms. The molecular formula is C16H18N2O2S. The molecule has 0 amide bonds. The molecular weight excluding hydrogens is 284 g/mol. The lowest BCUT2D eigenvalue weighted by Gasteiger charge is -2.21. The summed E-state index contributed by atoms with van der Waals surface area (Å²) in [6.07, 6.45) is 7.52. The quantitative estimate of drug-likeness (QED) is 0.876. The van der Waals surface area contributed by atoms with E-state index in [2.05, 4.69) is 4.98 Å². The lowest BCUT2D eigenvalue weighted by Crippen LogP contribution is -2.26. The Morgan fingerprint density at radius 3 is 2.57 bits per heavy atom. The van der Waals surface area contributed by atoms with Crippen molar-refractivity contribution in [2.75, 3.05) is 11.4 Å². The lowest BCUT2D eigenvalue weighted by atomic mass is 9.92. The van der Waals surface area contributed by atoms with Crippen LogP contribution in [0.4, 0.5) is 5.69 Å². The van der Waals surface area contributed by atoms with E-state index in [9.17, 15) is 8.42 Å². The van der Waals surface area contributed by atoms with E-state index in [0.29, 0.717) is 10.6 Å². The zero-order valence-corrected chi connectivity index (χ0v) is 12.8. The summed E-state index contributed by atoms with van der Waals surface area (Å²) in [5.41, 5.74) is 3.02. The van der Waals surface area contributed by atoms with E-state index in [-0.39, 0.29) is 0 Å². The minimum Gasteiger partial charge on any atom is -0.268 e. The van der Waals surface area contributed by atoms with Gasteiger partial charge in [0, 0.05) is 13.2 Å². The van der Waals surface area contributed by atoms with Crippen molar-refractivity contribution in [3.8, 4) is 0 Å². The summed E-state index contributed by atoms with van der Waals surface area (Å²) in [5.74, 6) is 0. The van der Waals surface area contributed by atoms with Gasteiger partial charge in [-0.3, -0.25) is 9.29 Å². The van der Waals surface area contributed by atoms with Gasteiger partial charge >= 0.3 is 0 Å². The van der Waals surface area contributed by atoms with Crippen LogP contribution in [0.3, 0.4) is 0 Å². The maximum Gasteiger partial charge on any atom is 0.264 e. The zero-order valence-electron chi connectivity index (χ0n) is 12.0. The number of nitrogens with zero attached hydrogens (tertiary/aromatic N) is 2. The molecule has 1 aliphatic rings. The molecule has 3 rings (SSSR count). The van der Waals surface area contributed by atoms with Gasteiger partial charge in [0.15, 0.2) is 0 Å². The number of hydrogen-bond donors (Lipinski definition) is 0. The first-order valence-electron chi connectivity index (χ1n) is 7.10. The topological polar surface area (TPSA) is 50.3 Å². The maximum atomic E-state index is 12.7. The number of hydrogen-bond acceptors (Lipinski definition) is 3. The summed E-state index contributed by atoms with van der Waals surface area (Å²) in [5, 5.41) is 0. The molecule has 0 unspecified atom stereocenters. The second kappa shape index (κ2) is 5.48. The summed E-state index contributed by atoms with van der Waals surface area (Å²) in [6, 6.07) is 8.97. The summed E-state index contributed by atoms with van der Waals surface area (Å²) < 4.78 is 26.7. The first-order chi connectivity index (χ1) is 10.1. The fourth-order valence-electron chi connectivity index (χ4n) is 2.71. The van der Waals surface area contributed by atoms with Crippen molar-refractivity contribution in [2.45, 2.75) is 30.6 Å². The van der Waals surface area contributed by atoms with Crippen LogP contribution in [0.15, 0.2) is 47.6 Å². The monoisotopic (exact) mass is 302 g/mol. The Labute approximate surface area is 125 Å². The minimum absolute atomic E-state index is 0.356. The normalized spacial score (nSPS) is 14.5. The van der Waals surface area contributed by atoms with E-state index < -0.39 is 10.0 Å². The first-order valence-corrected chi connectivity index (χ1v) is 8.54. The van der Waals surface area contributed by atoms with Crippen LogP contribution in [0.2, 0.25) is 0 Å². The number of pyridine rings is 1. The van der Waals surface area contributed by atoms with Gasteiger partial charge in [0.1, 0.15) is 0 Å². The number of sulfonamides is 1. The summed E-state index contributed by atoms with van der Waals surface area (Å²) in [6.45, 7) is 0. The van der Waals surface area contributed by atoms with E-state index in [0.717, 1.165) is 19.3 Å². The van der Waals surface area contributed by atoms with Crippen molar-refractivity contribution in [3.05, 3.63) is 53.9 Å². The highest BCUT2D eigenvalue weighted by Gasteiger charge is 2.23. The van der Waals surface area contributed by atoms with E-state index in [4.69, 9.17) is 0 Å². The number of anilines is 1. The van der Waals surface area contributed by atoms with E-state index in [1.54, 1.807) is 37.6 Å². The largest absolute Gasteiger partial charge is 0.268 e. The number of fused-ring (bicyclic) bond motifs is 1. The smallest absolute Gasteiger partial charge is 0.264 e. The number of aryl methyl sites for hydroxylation is 2. The summed E-state index contributed by atoms with van der Waals surface area (Å²) >= 11 is 0. The molecule has 4 nitrogen and oxygen atoms in total. The fourth-order valence-corrected chi connectivity index (χ4v) is 3.94. The van der Waals surface area contributed by atoms with Crippen molar-refractivity contribution in [1.29, 1.82) is 0 Å². The third kappa shape index (κ3) is 2.65. The van der Waals surface area contributed by atoms with Crippen LogP contribution in [-0.4, -0.2) is 20.4 Å². The first kappa shape index (κ1) is 14.1. The number of benzene rings is 1. The Morgan fingerprint density at radius 1 is 1.10 bits per heavy atom. The van der Waals surface area contributed by atoms with Gasteiger partial charge in [0.05, 0.1) is 16.8 Å². The second-order valence-corrected chi connectivity index (χ2v) is 7.29. The molecule has 0 atom stereocenters. The molecule has 110 valence electrons. The molecule has 0 saturated heterocycles. The van der Waals surface area contributed by atoms with Gasteiger partial charge in [-0.05, 0) is 61.1 Å². The van der Waals surface area contributed by atoms with Crippen molar-refractivity contribution in [3.63, 3.8) is 0 Å². The molecule has 1 heterocycles. The van der Waals surface area contributed by atoms with Crippen LogP contribution in [0.5, 0.6) is 0 Å². The van der Waals surface area contributed by atoms with Gasteiger partial charge in [0.25, 0.3) is 10.0 Å². The Balaban J connectivity index is 1.98. The van der Waals surface area contributed by atoms with Gasteiger partial charge in [-0.25, -0.2) is 8.42 Å².